The summed E-state index contributed by atoms with van der Waals surface area (Å²) in [7, 11) is 0. The fourth-order valence-corrected chi connectivity index (χ4v) is 27.6. The third kappa shape index (κ3) is 11.1. The van der Waals surface area contributed by atoms with Gasteiger partial charge in [-0.2, -0.15) is 0 Å². The van der Waals surface area contributed by atoms with Crippen molar-refractivity contribution in [2.24, 2.45) is 0 Å². The zero-order valence-corrected chi connectivity index (χ0v) is 81.9. The molecule has 0 amide bonds. The molecule has 9 aliphatic rings. The van der Waals surface area contributed by atoms with E-state index >= 15 is 0 Å². The van der Waals surface area contributed by atoms with Crippen molar-refractivity contribution in [3.05, 3.63) is 452 Å². The molecule has 0 N–H and O–H groups in total. The van der Waals surface area contributed by atoms with E-state index in [1.165, 1.54) is 245 Å². The average Bonchev–Trinajstić information content (AvgIpc) is 1.55. The lowest BCUT2D eigenvalue weighted by atomic mass is 9.80. The molecule has 0 unspecified atom stereocenters. The Balaban J connectivity index is 0.571. The van der Waals surface area contributed by atoms with Crippen molar-refractivity contribution in [3.63, 3.8) is 0 Å². The van der Waals surface area contributed by atoms with E-state index in [-0.39, 0.29) is 43.3 Å². The molecule has 0 saturated carbocycles. The second-order valence-electron chi connectivity index (χ2n) is 45.9. The normalized spacial score (nSPS) is 16.9. The Morgan fingerprint density at radius 2 is 0.219 bits per heavy atom. The zero-order valence-electron chi connectivity index (χ0n) is 81.9. The van der Waals surface area contributed by atoms with Crippen molar-refractivity contribution in [1.82, 2.24) is 0 Å². The maximum atomic E-state index is 2.60. The molecule has 18 aromatic rings. The van der Waals surface area contributed by atoms with Crippen LogP contribution in [0.5, 0.6) is 0 Å². The summed E-state index contributed by atoms with van der Waals surface area (Å²) in [5.41, 5.74) is 63.2. The van der Waals surface area contributed by atoms with Crippen LogP contribution in [0, 0.1) is 0 Å². The van der Waals surface area contributed by atoms with Gasteiger partial charge in [-0.05, 0) is 366 Å². The summed E-state index contributed by atoms with van der Waals surface area (Å²) in [6.45, 7) is 43.7. The molecule has 9 aliphatic carbocycles. The summed E-state index contributed by atoms with van der Waals surface area (Å²) in [6.07, 6.45) is 0. The Morgan fingerprint density at radius 3 is 0.365 bits per heavy atom. The number of fused-ring (bicyclic) bond motifs is 27. The van der Waals surface area contributed by atoms with Gasteiger partial charge in [0.05, 0.1) is 0 Å². The Morgan fingerprint density at radius 1 is 0.109 bits per heavy atom. The first-order valence-corrected chi connectivity index (χ1v) is 49.7. The van der Waals surface area contributed by atoms with Crippen LogP contribution in [-0.4, -0.2) is 0 Å². The monoisotopic (exact) mass is 1760 g/mol. The van der Waals surface area contributed by atoms with Crippen LogP contribution in [0.2, 0.25) is 0 Å². The third-order valence-corrected chi connectivity index (χ3v) is 35.5. The average molecular weight is 1760 g/mol. The van der Waals surface area contributed by atoms with Gasteiger partial charge in [-0.25, -0.2) is 0 Å². The van der Waals surface area contributed by atoms with Gasteiger partial charge in [0.2, 0.25) is 0 Å². The van der Waals surface area contributed by atoms with Crippen LogP contribution in [0.25, 0.3) is 145 Å². The minimum atomic E-state index is -0.431. The molecule has 2 heteroatoms. The van der Waals surface area contributed by atoms with E-state index in [0.717, 1.165) is 34.1 Å². The van der Waals surface area contributed by atoms with Crippen LogP contribution < -0.4 is 9.80 Å². The molecule has 2 nitrogen and oxygen atoms in total. The van der Waals surface area contributed by atoms with Crippen LogP contribution in [0.15, 0.2) is 352 Å². The molecule has 0 fully saturated rings. The summed E-state index contributed by atoms with van der Waals surface area (Å²) in [6, 6.07) is 138. The molecular formula is C135H112N2. The van der Waals surface area contributed by atoms with Gasteiger partial charge < -0.3 is 9.80 Å². The van der Waals surface area contributed by atoms with Crippen LogP contribution in [0.3, 0.4) is 0 Å². The Hall–Kier alpha value is -14.4. The number of anilines is 6. The van der Waals surface area contributed by atoms with Crippen LogP contribution in [-0.2, 0) is 48.7 Å². The van der Waals surface area contributed by atoms with Gasteiger partial charge in [0, 0.05) is 82.9 Å². The van der Waals surface area contributed by atoms with Crippen LogP contribution in [0.4, 0.5) is 34.1 Å². The van der Waals surface area contributed by atoms with Gasteiger partial charge >= 0.3 is 0 Å². The Labute approximate surface area is 808 Å². The highest BCUT2D eigenvalue weighted by molar-refractivity contribution is 5.98. The van der Waals surface area contributed by atoms with Gasteiger partial charge in [0.15, 0.2) is 0 Å². The molecule has 0 aromatic heterocycles. The van der Waals surface area contributed by atoms with Crippen molar-refractivity contribution in [2.75, 3.05) is 9.80 Å². The maximum absolute atomic E-state index is 2.60. The summed E-state index contributed by atoms with van der Waals surface area (Å²) in [5.74, 6) is 0. The first-order chi connectivity index (χ1) is 65.7. The maximum Gasteiger partial charge on any atom is 0.0465 e. The summed E-state index contributed by atoms with van der Waals surface area (Å²) >= 11 is 0. The molecule has 0 atom stereocenters. The van der Waals surface area contributed by atoms with Gasteiger partial charge in [0.25, 0.3) is 0 Å². The predicted molar refractivity (Wildman–Crippen MR) is 576 cm³/mol. The number of hydrogen-bond donors (Lipinski definition) is 0. The van der Waals surface area contributed by atoms with Gasteiger partial charge in [-0.1, -0.05) is 355 Å². The summed E-state index contributed by atoms with van der Waals surface area (Å²) in [4.78, 5) is 5.19. The van der Waals surface area contributed by atoms with Gasteiger partial charge in [-0.15, -0.1) is 0 Å². The Bertz CT molecular complexity index is 7570. The Kier molecular flexibility index (Phi) is 16.5. The van der Waals surface area contributed by atoms with E-state index in [1.807, 2.05) is 0 Å². The lowest BCUT2D eigenvalue weighted by Crippen LogP contribution is -2.19. The molecule has 0 spiro atoms. The predicted octanol–water partition coefficient (Wildman–Crippen LogP) is 36.1. The third-order valence-electron chi connectivity index (χ3n) is 35.5. The van der Waals surface area contributed by atoms with E-state index in [1.54, 1.807) is 0 Å². The molecular weight excluding hydrogens is 1650 g/mol. The molecule has 0 saturated heterocycles. The number of hydrogen-bond acceptors (Lipinski definition) is 2. The van der Waals surface area contributed by atoms with Crippen molar-refractivity contribution >= 4 is 34.1 Å². The van der Waals surface area contributed by atoms with Crippen molar-refractivity contribution in [1.29, 1.82) is 0 Å². The highest BCUT2D eigenvalue weighted by atomic mass is 15.2. The minimum Gasteiger partial charge on any atom is -0.310 e. The first-order valence-electron chi connectivity index (χ1n) is 49.7. The molecule has 137 heavy (non-hydrogen) atoms. The van der Waals surface area contributed by atoms with E-state index < -0.39 is 5.41 Å². The SMILES string of the molecule is CC1(C)c2ccccc2-c2ccc(-c3ccc4c(c3)C(C)(C)c3cc(N(c5ccc6c(c5)C(C)(C)c5cc(-c7ccc8c(c7)C(C)(C)c7ccccc7-8)ccc5-6)c5ccc6c(c5)C(C)(C)c5cc(N(c7ccc8c(c7)C(C)(C)c7cc(-c9ccc%10c(c9)C(C)(C)c9ccccc9-%10)ccc7-8)c7ccc8c(c7)C(C)(C)c7cc(-c9ccc%10c(c9)C(C)(C)c9ccccc9-%10)ccc7-8)ccc5-6)ccc3-4)cc21. The van der Waals surface area contributed by atoms with Gasteiger partial charge in [-0.3, -0.25) is 0 Å². The molecule has 0 aliphatic heterocycles. The topological polar surface area (TPSA) is 6.48 Å². The summed E-state index contributed by atoms with van der Waals surface area (Å²) < 4.78 is 0. The van der Waals surface area contributed by atoms with Crippen molar-refractivity contribution in [3.8, 4) is 145 Å². The molecule has 0 bridgehead atoms. The van der Waals surface area contributed by atoms with E-state index in [4.69, 9.17) is 0 Å². The zero-order chi connectivity index (χ0) is 93.5. The quantitative estimate of drug-likeness (QED) is 0.135. The van der Waals surface area contributed by atoms with Crippen LogP contribution in [0.1, 0.15) is 225 Å². The van der Waals surface area contributed by atoms with Gasteiger partial charge in [0.1, 0.15) is 0 Å². The van der Waals surface area contributed by atoms with Crippen molar-refractivity contribution < 1.29 is 0 Å². The van der Waals surface area contributed by atoms with E-state index in [2.05, 4.69) is 486 Å². The fourth-order valence-electron chi connectivity index (χ4n) is 27.6. The van der Waals surface area contributed by atoms with E-state index in [9.17, 15) is 0 Å². The molecule has 27 rings (SSSR count). The molecule has 662 valence electrons. The van der Waals surface area contributed by atoms with E-state index in [0.29, 0.717) is 0 Å². The van der Waals surface area contributed by atoms with Crippen molar-refractivity contribution in [2.45, 2.75) is 173 Å². The smallest absolute Gasteiger partial charge is 0.0465 e. The highest BCUT2D eigenvalue weighted by Crippen LogP contribution is 2.63. The number of rotatable bonds is 10. The lowest BCUT2D eigenvalue weighted by Gasteiger charge is -2.31. The highest BCUT2D eigenvalue weighted by Gasteiger charge is 2.47. The first kappa shape index (κ1) is 82.1. The number of nitrogens with zero attached hydrogens (tertiary/aromatic N) is 2. The second kappa shape index (κ2) is 27.5. The largest absolute Gasteiger partial charge is 0.310 e. The molecule has 18 aromatic carbocycles. The minimum absolute atomic E-state index is 0.0975. The standard InChI is InChI=1S/C135H112N2/c1-127(2)109-31-23-19-27-91(109)95-49-35-77(63-113(95)127)81-39-53-99-103-57-43-85(71-121(103)131(9,10)117(99)67-81)136(86-44-58-104-100-54-40-82(68-118(100)132(11,12)122(104)72-86)78-36-50-96-92-28-20-24-32-110(92)128(3,4)114(96)64-78)89-47-61-107-108-62-48-90(76-126(108)135(17,18)125(107)75-89)137(87-45-59-105-101-55-41-83(69-119(101)133(13,14)123(105)73-87)79-37-51-97-93-29-21-25-33-111(93)129(5,6)115(97)65-79)88-46-60-106-102-56-42-84(70-120(102)134(15,16)124(106)74-88)80-38-52-98-94-30-22-26-34-112(94)130(7,8)116(98)66-80/h19-76H,1-18H3. The molecule has 0 radical (unpaired) electrons. The second-order valence-corrected chi connectivity index (χ2v) is 45.9. The van der Waals surface area contributed by atoms with Crippen LogP contribution >= 0.6 is 0 Å². The number of benzene rings is 18. The fraction of sp³-hybridized carbons (Fsp3) is 0.200. The molecule has 0 heterocycles. The summed E-state index contributed by atoms with van der Waals surface area (Å²) in [5, 5.41) is 0. The lowest BCUT2D eigenvalue weighted by molar-refractivity contribution is 0.658.